The number of nitrogens with one attached hydrogen (secondary N) is 1. The van der Waals surface area contributed by atoms with Gasteiger partial charge in [0.2, 0.25) is 0 Å². The molecule has 0 spiro atoms. The fourth-order valence-corrected chi connectivity index (χ4v) is 1.98. The van der Waals surface area contributed by atoms with E-state index >= 15 is 0 Å². The van der Waals surface area contributed by atoms with Crippen molar-refractivity contribution in [1.29, 1.82) is 0 Å². The molecule has 2 aromatic carbocycles. The highest BCUT2D eigenvalue weighted by atomic mass is 35.5. The van der Waals surface area contributed by atoms with E-state index in [4.69, 9.17) is 16.3 Å². The van der Waals surface area contributed by atoms with Crippen molar-refractivity contribution in [2.24, 2.45) is 0 Å². The highest BCUT2D eigenvalue weighted by molar-refractivity contribution is 6.32. The van der Waals surface area contributed by atoms with Gasteiger partial charge < -0.3 is 15.2 Å². The SMILES string of the molecule is COc1cc(NCC(O)c2ccc(F)cc2)ccc1Cl. The number of benzene rings is 2. The Morgan fingerprint density at radius 1 is 1.25 bits per heavy atom. The van der Waals surface area contributed by atoms with Gasteiger partial charge in [-0.25, -0.2) is 4.39 Å². The van der Waals surface area contributed by atoms with Crippen molar-refractivity contribution in [1.82, 2.24) is 0 Å². The molecule has 5 heteroatoms. The van der Waals surface area contributed by atoms with Gasteiger partial charge >= 0.3 is 0 Å². The second-order valence-electron chi connectivity index (χ2n) is 4.30. The molecule has 1 atom stereocenters. The summed E-state index contributed by atoms with van der Waals surface area (Å²) in [6.07, 6.45) is -0.725. The molecule has 0 saturated heterocycles. The van der Waals surface area contributed by atoms with Crippen molar-refractivity contribution in [3.05, 3.63) is 58.9 Å². The Balaban J connectivity index is 1.99. The second kappa shape index (κ2) is 6.59. The van der Waals surface area contributed by atoms with Crippen LogP contribution in [-0.4, -0.2) is 18.8 Å². The average Bonchev–Trinajstić information content (AvgIpc) is 2.46. The van der Waals surface area contributed by atoms with E-state index in [1.165, 1.54) is 12.1 Å². The maximum atomic E-state index is 12.8. The molecule has 3 nitrogen and oxygen atoms in total. The summed E-state index contributed by atoms with van der Waals surface area (Å²) in [7, 11) is 1.54. The minimum absolute atomic E-state index is 0.302. The highest BCUT2D eigenvalue weighted by Crippen LogP contribution is 2.27. The molecule has 1 unspecified atom stereocenters. The average molecular weight is 296 g/mol. The number of hydrogen-bond acceptors (Lipinski definition) is 3. The molecule has 0 radical (unpaired) electrons. The van der Waals surface area contributed by atoms with Crippen molar-refractivity contribution in [3.8, 4) is 5.75 Å². The van der Waals surface area contributed by atoms with Crippen molar-refractivity contribution >= 4 is 17.3 Å². The van der Waals surface area contributed by atoms with Crippen LogP contribution in [0.2, 0.25) is 5.02 Å². The molecule has 0 aliphatic rings. The van der Waals surface area contributed by atoms with Crippen LogP contribution in [0.15, 0.2) is 42.5 Å². The van der Waals surface area contributed by atoms with Crippen LogP contribution >= 0.6 is 11.6 Å². The summed E-state index contributed by atoms with van der Waals surface area (Å²) in [5, 5.41) is 13.6. The number of aliphatic hydroxyl groups excluding tert-OH is 1. The predicted octanol–water partition coefficient (Wildman–Crippen LogP) is 3.63. The maximum absolute atomic E-state index is 12.8. The van der Waals surface area contributed by atoms with Crippen molar-refractivity contribution < 1.29 is 14.2 Å². The molecule has 20 heavy (non-hydrogen) atoms. The van der Waals surface area contributed by atoms with Gasteiger partial charge in [0, 0.05) is 18.3 Å². The van der Waals surface area contributed by atoms with Gasteiger partial charge in [-0.15, -0.1) is 0 Å². The molecule has 0 aliphatic carbocycles. The Kier molecular flexibility index (Phi) is 4.82. The molecule has 2 N–H and O–H groups in total. The number of aliphatic hydroxyl groups is 1. The lowest BCUT2D eigenvalue weighted by Crippen LogP contribution is -2.12. The van der Waals surface area contributed by atoms with Crippen LogP contribution in [0.3, 0.4) is 0 Å². The Labute approximate surface area is 122 Å². The molecule has 0 fully saturated rings. The summed E-state index contributed by atoms with van der Waals surface area (Å²) < 4.78 is 17.9. The molecule has 2 rings (SSSR count). The molecule has 0 amide bonds. The third kappa shape index (κ3) is 3.62. The molecule has 0 bridgehead atoms. The van der Waals surface area contributed by atoms with Crippen molar-refractivity contribution in [2.75, 3.05) is 19.0 Å². The fraction of sp³-hybridized carbons (Fsp3) is 0.200. The standard InChI is InChI=1S/C15H15ClFNO2/c1-20-15-8-12(6-7-13(15)16)18-9-14(19)10-2-4-11(17)5-3-10/h2-8,14,18-19H,9H2,1H3. The number of ether oxygens (including phenoxy) is 1. The van der Waals surface area contributed by atoms with Gasteiger partial charge in [0.15, 0.2) is 0 Å². The largest absolute Gasteiger partial charge is 0.495 e. The lowest BCUT2D eigenvalue weighted by atomic mass is 10.1. The molecular formula is C15H15ClFNO2. The summed E-state index contributed by atoms with van der Waals surface area (Å²) in [5.41, 5.74) is 1.44. The number of rotatable bonds is 5. The Morgan fingerprint density at radius 3 is 2.60 bits per heavy atom. The maximum Gasteiger partial charge on any atom is 0.139 e. The van der Waals surface area contributed by atoms with E-state index in [1.807, 2.05) is 0 Å². The summed E-state index contributed by atoms with van der Waals surface area (Å²) in [5.74, 6) is 0.240. The van der Waals surface area contributed by atoms with E-state index in [1.54, 1.807) is 37.4 Å². The Hall–Kier alpha value is -1.78. The van der Waals surface area contributed by atoms with Gasteiger partial charge in [-0.05, 0) is 29.8 Å². The van der Waals surface area contributed by atoms with E-state index in [0.29, 0.717) is 22.9 Å². The summed E-state index contributed by atoms with van der Waals surface area (Å²) in [6, 6.07) is 11.0. The summed E-state index contributed by atoms with van der Waals surface area (Å²) >= 11 is 5.93. The zero-order valence-electron chi connectivity index (χ0n) is 10.9. The Bertz CT molecular complexity index is 575. The summed E-state index contributed by atoms with van der Waals surface area (Å²) in [4.78, 5) is 0. The third-order valence-electron chi connectivity index (χ3n) is 2.91. The first-order chi connectivity index (χ1) is 9.60. The monoisotopic (exact) mass is 295 g/mol. The van der Waals surface area contributed by atoms with Crippen molar-refractivity contribution in [2.45, 2.75) is 6.10 Å². The van der Waals surface area contributed by atoms with Gasteiger partial charge in [-0.2, -0.15) is 0 Å². The van der Waals surface area contributed by atoms with Gasteiger partial charge in [-0.3, -0.25) is 0 Å². The first-order valence-corrected chi connectivity index (χ1v) is 6.49. The van der Waals surface area contributed by atoms with Gasteiger partial charge in [0.25, 0.3) is 0 Å². The van der Waals surface area contributed by atoms with Gasteiger partial charge in [-0.1, -0.05) is 23.7 Å². The van der Waals surface area contributed by atoms with Crippen LogP contribution in [0.5, 0.6) is 5.75 Å². The van der Waals surface area contributed by atoms with Gasteiger partial charge in [0.1, 0.15) is 11.6 Å². The molecule has 0 heterocycles. The van der Waals surface area contributed by atoms with E-state index in [2.05, 4.69) is 5.32 Å². The predicted molar refractivity (Wildman–Crippen MR) is 77.9 cm³/mol. The van der Waals surface area contributed by atoms with E-state index < -0.39 is 6.10 Å². The van der Waals surface area contributed by atoms with Crippen LogP contribution in [0, 0.1) is 5.82 Å². The molecular weight excluding hydrogens is 281 g/mol. The number of hydrogen-bond donors (Lipinski definition) is 2. The van der Waals surface area contributed by atoms with Crippen LogP contribution in [-0.2, 0) is 0 Å². The van der Waals surface area contributed by atoms with E-state index in [-0.39, 0.29) is 5.82 Å². The fourth-order valence-electron chi connectivity index (χ4n) is 1.79. The normalized spacial score (nSPS) is 12.0. The lowest BCUT2D eigenvalue weighted by molar-refractivity contribution is 0.191. The first-order valence-electron chi connectivity index (χ1n) is 6.11. The molecule has 106 valence electrons. The van der Waals surface area contributed by atoms with Crippen LogP contribution in [0.1, 0.15) is 11.7 Å². The first kappa shape index (κ1) is 14.6. The molecule has 0 aliphatic heterocycles. The molecule has 2 aromatic rings. The lowest BCUT2D eigenvalue weighted by Gasteiger charge is -2.14. The summed E-state index contributed by atoms with van der Waals surface area (Å²) in [6.45, 7) is 0.302. The topological polar surface area (TPSA) is 41.5 Å². The molecule has 0 saturated carbocycles. The second-order valence-corrected chi connectivity index (χ2v) is 4.70. The van der Waals surface area contributed by atoms with E-state index in [9.17, 15) is 9.50 Å². The van der Waals surface area contributed by atoms with E-state index in [0.717, 1.165) is 5.69 Å². The number of anilines is 1. The quantitative estimate of drug-likeness (QED) is 0.885. The third-order valence-corrected chi connectivity index (χ3v) is 3.22. The molecule has 0 aromatic heterocycles. The smallest absolute Gasteiger partial charge is 0.139 e. The minimum atomic E-state index is -0.725. The Morgan fingerprint density at radius 2 is 1.95 bits per heavy atom. The zero-order chi connectivity index (χ0) is 14.5. The van der Waals surface area contributed by atoms with Crippen LogP contribution < -0.4 is 10.1 Å². The van der Waals surface area contributed by atoms with Gasteiger partial charge in [0.05, 0.1) is 18.2 Å². The minimum Gasteiger partial charge on any atom is -0.495 e. The highest BCUT2D eigenvalue weighted by Gasteiger charge is 2.08. The zero-order valence-corrected chi connectivity index (χ0v) is 11.7. The number of methoxy groups -OCH3 is 1. The van der Waals surface area contributed by atoms with Crippen molar-refractivity contribution in [3.63, 3.8) is 0 Å². The van der Waals surface area contributed by atoms with Crippen LogP contribution in [0.25, 0.3) is 0 Å². The number of halogens is 2. The van der Waals surface area contributed by atoms with Crippen LogP contribution in [0.4, 0.5) is 10.1 Å².